The molecule has 0 aromatic heterocycles. The molecule has 5 nitrogen and oxygen atoms in total. The Kier molecular flexibility index (Phi) is 6.72. The summed E-state index contributed by atoms with van der Waals surface area (Å²) >= 11 is 0. The highest BCUT2D eigenvalue weighted by molar-refractivity contribution is 5.67. The second kappa shape index (κ2) is 8.29. The van der Waals surface area contributed by atoms with Crippen LogP contribution in [0.4, 0.5) is 5.69 Å². The van der Waals surface area contributed by atoms with Crippen molar-refractivity contribution in [3.8, 4) is 0 Å². The minimum absolute atomic E-state index is 0.125. The molecule has 0 aliphatic heterocycles. The minimum atomic E-state index is -0.804. The van der Waals surface area contributed by atoms with E-state index in [1.165, 1.54) is 0 Å². The van der Waals surface area contributed by atoms with Gasteiger partial charge in [0.15, 0.2) is 0 Å². The number of benzene rings is 1. The van der Waals surface area contributed by atoms with Crippen molar-refractivity contribution < 1.29 is 19.8 Å². The van der Waals surface area contributed by atoms with Crippen molar-refractivity contribution in [3.05, 3.63) is 29.3 Å². The predicted molar refractivity (Wildman–Crippen MR) is 81.9 cm³/mol. The highest BCUT2D eigenvalue weighted by atomic mass is 16.4. The van der Waals surface area contributed by atoms with Gasteiger partial charge in [0.2, 0.25) is 0 Å². The Morgan fingerprint density at radius 1 is 0.952 bits per heavy atom. The third-order valence-corrected chi connectivity index (χ3v) is 3.39. The summed E-state index contributed by atoms with van der Waals surface area (Å²) in [5.41, 5.74) is 3.34. The molecular weight excluding hydrogens is 270 g/mol. The standard InChI is InChI=1S/C16H23NO4/c1-12-6-3-7-13(2)16(12)17(10-4-8-14(18)19)11-5-9-15(20)21/h3,6-7H,4-5,8-11H2,1-2H3,(H,18,19)(H,20,21). The zero-order chi connectivity index (χ0) is 15.8. The van der Waals surface area contributed by atoms with Crippen molar-refractivity contribution in [2.24, 2.45) is 0 Å². The molecule has 0 radical (unpaired) electrons. The monoisotopic (exact) mass is 293 g/mol. The fraction of sp³-hybridized carbons (Fsp3) is 0.500. The minimum Gasteiger partial charge on any atom is -0.481 e. The molecule has 0 aliphatic carbocycles. The van der Waals surface area contributed by atoms with Gasteiger partial charge in [0.25, 0.3) is 0 Å². The highest BCUT2D eigenvalue weighted by Gasteiger charge is 2.13. The third-order valence-electron chi connectivity index (χ3n) is 3.39. The van der Waals surface area contributed by atoms with Crippen LogP contribution in [0.15, 0.2) is 18.2 Å². The van der Waals surface area contributed by atoms with Crippen molar-refractivity contribution in [1.82, 2.24) is 0 Å². The van der Waals surface area contributed by atoms with Crippen LogP contribution in [0.25, 0.3) is 0 Å². The second-order valence-electron chi connectivity index (χ2n) is 5.22. The molecule has 116 valence electrons. The first-order valence-corrected chi connectivity index (χ1v) is 7.16. The largest absolute Gasteiger partial charge is 0.481 e. The summed E-state index contributed by atoms with van der Waals surface area (Å²) in [6.45, 7) is 5.28. The Labute approximate surface area is 125 Å². The SMILES string of the molecule is Cc1cccc(C)c1N(CCCC(=O)O)CCCC(=O)O. The lowest BCUT2D eigenvalue weighted by atomic mass is 10.1. The summed E-state index contributed by atoms with van der Waals surface area (Å²) in [7, 11) is 0. The molecule has 0 saturated heterocycles. The molecule has 0 fully saturated rings. The fourth-order valence-electron chi connectivity index (χ4n) is 2.48. The second-order valence-corrected chi connectivity index (χ2v) is 5.22. The van der Waals surface area contributed by atoms with Gasteiger partial charge in [0, 0.05) is 31.6 Å². The van der Waals surface area contributed by atoms with Crippen LogP contribution in [0.1, 0.15) is 36.8 Å². The zero-order valence-corrected chi connectivity index (χ0v) is 12.6. The number of rotatable bonds is 9. The van der Waals surface area contributed by atoms with Gasteiger partial charge in [-0.3, -0.25) is 9.59 Å². The van der Waals surface area contributed by atoms with Gasteiger partial charge >= 0.3 is 11.9 Å². The summed E-state index contributed by atoms with van der Waals surface area (Å²) in [6.07, 6.45) is 1.35. The lowest BCUT2D eigenvalue weighted by molar-refractivity contribution is -0.138. The molecule has 2 N–H and O–H groups in total. The van der Waals surface area contributed by atoms with E-state index in [4.69, 9.17) is 10.2 Å². The number of nitrogens with zero attached hydrogens (tertiary/aromatic N) is 1. The first kappa shape index (κ1) is 17.0. The fourth-order valence-corrected chi connectivity index (χ4v) is 2.48. The first-order chi connectivity index (χ1) is 9.91. The van der Waals surface area contributed by atoms with Crippen molar-refractivity contribution in [2.45, 2.75) is 39.5 Å². The number of para-hydroxylation sites is 1. The molecule has 0 heterocycles. The first-order valence-electron chi connectivity index (χ1n) is 7.16. The molecule has 1 aromatic rings. The topological polar surface area (TPSA) is 77.8 Å². The maximum absolute atomic E-state index is 10.7. The lowest BCUT2D eigenvalue weighted by Crippen LogP contribution is -2.28. The molecule has 0 spiro atoms. The van der Waals surface area contributed by atoms with E-state index in [0.29, 0.717) is 25.9 Å². The number of anilines is 1. The van der Waals surface area contributed by atoms with Crippen molar-refractivity contribution in [2.75, 3.05) is 18.0 Å². The van der Waals surface area contributed by atoms with Crippen LogP contribution in [0.3, 0.4) is 0 Å². The molecule has 0 atom stereocenters. The quantitative estimate of drug-likeness (QED) is 0.732. The molecule has 0 unspecified atom stereocenters. The van der Waals surface area contributed by atoms with Crippen LogP contribution < -0.4 is 4.90 Å². The van der Waals surface area contributed by atoms with Crippen LogP contribution in [0.5, 0.6) is 0 Å². The number of hydrogen-bond donors (Lipinski definition) is 2. The van der Waals surface area contributed by atoms with E-state index in [-0.39, 0.29) is 12.8 Å². The van der Waals surface area contributed by atoms with Crippen molar-refractivity contribution in [1.29, 1.82) is 0 Å². The predicted octanol–water partition coefficient (Wildman–Crippen LogP) is 2.84. The van der Waals surface area contributed by atoms with Gasteiger partial charge in [0.1, 0.15) is 0 Å². The molecule has 1 aromatic carbocycles. The highest BCUT2D eigenvalue weighted by Crippen LogP contribution is 2.25. The molecule has 0 aliphatic rings. The van der Waals surface area contributed by atoms with Crippen molar-refractivity contribution >= 4 is 17.6 Å². The number of carboxylic acid groups (broad SMARTS) is 2. The average Bonchev–Trinajstić information content (AvgIpc) is 2.37. The van der Waals surface area contributed by atoms with Crippen LogP contribution >= 0.6 is 0 Å². The number of carboxylic acids is 2. The summed E-state index contributed by atoms with van der Waals surface area (Å²) in [5, 5.41) is 17.5. The number of carbonyl (C=O) groups is 2. The summed E-state index contributed by atoms with van der Waals surface area (Å²) in [6, 6.07) is 6.02. The lowest BCUT2D eigenvalue weighted by Gasteiger charge is -2.28. The van der Waals surface area contributed by atoms with Gasteiger partial charge in [-0.2, -0.15) is 0 Å². The summed E-state index contributed by atoms with van der Waals surface area (Å²) in [5.74, 6) is -1.61. The average molecular weight is 293 g/mol. The number of aliphatic carboxylic acids is 2. The van der Waals surface area contributed by atoms with Gasteiger partial charge in [-0.05, 0) is 37.8 Å². The smallest absolute Gasteiger partial charge is 0.303 e. The van der Waals surface area contributed by atoms with Gasteiger partial charge in [-0.1, -0.05) is 18.2 Å². The Morgan fingerprint density at radius 2 is 1.38 bits per heavy atom. The number of hydrogen-bond acceptors (Lipinski definition) is 3. The van der Waals surface area contributed by atoms with E-state index in [1.54, 1.807) is 0 Å². The summed E-state index contributed by atoms with van der Waals surface area (Å²) < 4.78 is 0. The zero-order valence-electron chi connectivity index (χ0n) is 12.6. The van der Waals surface area contributed by atoms with Crippen LogP contribution in [-0.4, -0.2) is 35.2 Å². The molecule has 0 bridgehead atoms. The van der Waals surface area contributed by atoms with E-state index >= 15 is 0 Å². The van der Waals surface area contributed by atoms with Crippen molar-refractivity contribution in [3.63, 3.8) is 0 Å². The Morgan fingerprint density at radius 3 is 1.76 bits per heavy atom. The maximum Gasteiger partial charge on any atom is 0.303 e. The molecule has 1 rings (SSSR count). The Hall–Kier alpha value is -2.04. The summed E-state index contributed by atoms with van der Waals surface area (Å²) in [4.78, 5) is 23.4. The van der Waals surface area contributed by atoms with Crippen LogP contribution in [0.2, 0.25) is 0 Å². The molecule has 21 heavy (non-hydrogen) atoms. The van der Waals surface area contributed by atoms with E-state index in [9.17, 15) is 9.59 Å². The number of aryl methyl sites for hydroxylation is 2. The van der Waals surface area contributed by atoms with Gasteiger partial charge in [0.05, 0.1) is 0 Å². The van der Waals surface area contributed by atoms with Gasteiger partial charge < -0.3 is 15.1 Å². The van der Waals surface area contributed by atoms with Gasteiger partial charge in [-0.25, -0.2) is 0 Å². The molecular formula is C16H23NO4. The molecule has 5 heteroatoms. The van der Waals surface area contributed by atoms with Gasteiger partial charge in [-0.15, -0.1) is 0 Å². The Bertz CT molecular complexity index is 459. The van der Waals surface area contributed by atoms with E-state index in [0.717, 1.165) is 16.8 Å². The van der Waals surface area contributed by atoms with E-state index < -0.39 is 11.9 Å². The van der Waals surface area contributed by atoms with Crippen LogP contribution in [-0.2, 0) is 9.59 Å². The normalized spacial score (nSPS) is 10.4. The Balaban J connectivity index is 2.79. The molecule has 0 amide bonds. The third kappa shape index (κ3) is 5.85. The van der Waals surface area contributed by atoms with Crippen LogP contribution in [0, 0.1) is 13.8 Å². The van der Waals surface area contributed by atoms with E-state index in [2.05, 4.69) is 4.90 Å². The maximum atomic E-state index is 10.7. The van der Waals surface area contributed by atoms with E-state index in [1.807, 2.05) is 32.0 Å². The molecule has 0 saturated carbocycles.